The van der Waals surface area contributed by atoms with Gasteiger partial charge in [-0.3, -0.25) is 0 Å². The van der Waals surface area contributed by atoms with E-state index in [1.807, 2.05) is 0 Å². The summed E-state index contributed by atoms with van der Waals surface area (Å²) in [5.41, 5.74) is -1.64. The first-order chi connectivity index (χ1) is 12.5. The molecule has 0 saturated heterocycles. The summed E-state index contributed by atoms with van der Waals surface area (Å²) in [4.78, 5) is -0.707. The number of hydrogen-bond acceptors (Lipinski definition) is 5. The number of hydrogen-bond donors (Lipinski definition) is 3. The van der Waals surface area contributed by atoms with Gasteiger partial charge in [0.15, 0.2) is 0 Å². The smallest absolute Gasteiger partial charge is 0.394 e. The number of sulfone groups is 1. The Hall–Kier alpha value is -1.52. The first kappa shape index (κ1) is 21.8. The number of alkyl halides is 3. The van der Waals surface area contributed by atoms with E-state index < -0.39 is 49.9 Å². The fourth-order valence-electron chi connectivity index (χ4n) is 2.17. The first-order valence-electron chi connectivity index (χ1n) is 7.41. The molecule has 0 radical (unpaired) electrons. The number of aliphatic hydroxyl groups is 2. The minimum absolute atomic E-state index is 0.200. The van der Waals surface area contributed by atoms with Crippen LogP contribution in [0.1, 0.15) is 5.56 Å². The van der Waals surface area contributed by atoms with Crippen LogP contribution < -0.4 is 5.32 Å². The van der Waals surface area contributed by atoms with Crippen molar-refractivity contribution >= 4 is 38.7 Å². The average molecular weight is 444 g/mol. The Balaban J connectivity index is 2.62. The monoisotopic (exact) mass is 443 g/mol. The van der Waals surface area contributed by atoms with Crippen LogP contribution in [0.15, 0.2) is 46.2 Å². The maximum atomic E-state index is 13.1. The van der Waals surface area contributed by atoms with Crippen molar-refractivity contribution in [2.45, 2.75) is 22.1 Å². The third-order valence-corrected chi connectivity index (χ3v) is 5.90. The molecule has 0 aliphatic rings. The molecule has 0 bridgehead atoms. The molecule has 0 spiro atoms. The van der Waals surface area contributed by atoms with Crippen LogP contribution >= 0.6 is 23.2 Å². The highest BCUT2D eigenvalue weighted by Gasteiger charge is 2.35. The predicted octanol–water partition coefficient (Wildman–Crippen LogP) is 3.61. The van der Waals surface area contributed by atoms with Crippen molar-refractivity contribution in [2.75, 3.05) is 18.5 Å². The number of aliphatic hydroxyl groups excluding tert-OH is 2. The summed E-state index contributed by atoms with van der Waals surface area (Å²) in [6.45, 7) is -1.04. The minimum atomic E-state index is -4.81. The zero-order valence-corrected chi connectivity index (χ0v) is 15.8. The number of halogens is 5. The van der Waals surface area contributed by atoms with Crippen LogP contribution in [0.4, 0.5) is 18.9 Å². The van der Waals surface area contributed by atoms with E-state index in [9.17, 15) is 26.7 Å². The molecule has 2 aromatic rings. The van der Waals surface area contributed by atoms with Crippen molar-refractivity contribution < 1.29 is 31.8 Å². The van der Waals surface area contributed by atoms with Crippen LogP contribution in [0.25, 0.3) is 0 Å². The summed E-state index contributed by atoms with van der Waals surface area (Å²) >= 11 is 11.4. The average Bonchev–Trinajstić information content (AvgIpc) is 2.59. The molecular formula is C16H14Cl2F3NO4S. The van der Waals surface area contributed by atoms with Crippen LogP contribution in [-0.2, 0) is 16.0 Å². The van der Waals surface area contributed by atoms with Crippen molar-refractivity contribution in [2.24, 2.45) is 0 Å². The lowest BCUT2D eigenvalue weighted by Crippen LogP contribution is -2.24. The van der Waals surface area contributed by atoms with Crippen LogP contribution in [0, 0.1) is 0 Å². The molecule has 3 N–H and O–H groups in total. The lowest BCUT2D eigenvalue weighted by atomic mass is 10.2. The van der Waals surface area contributed by atoms with Gasteiger partial charge in [-0.15, -0.1) is 0 Å². The van der Waals surface area contributed by atoms with E-state index in [1.54, 1.807) is 0 Å². The third kappa shape index (κ3) is 5.05. The van der Waals surface area contributed by atoms with Crippen molar-refractivity contribution in [3.05, 3.63) is 52.0 Å². The quantitative estimate of drug-likeness (QED) is 0.634. The number of rotatable bonds is 6. The van der Waals surface area contributed by atoms with E-state index in [0.29, 0.717) is 12.1 Å². The van der Waals surface area contributed by atoms with Crippen molar-refractivity contribution in [1.82, 2.24) is 0 Å². The summed E-state index contributed by atoms with van der Waals surface area (Å²) in [6.07, 6.45) is -6.12. The molecule has 0 aromatic heterocycles. The number of anilines is 1. The molecule has 148 valence electrons. The summed E-state index contributed by atoms with van der Waals surface area (Å²) in [5.74, 6) is 0. The zero-order valence-electron chi connectivity index (χ0n) is 13.5. The van der Waals surface area contributed by atoms with Gasteiger partial charge < -0.3 is 15.5 Å². The molecule has 2 rings (SSSR count). The highest BCUT2D eigenvalue weighted by atomic mass is 35.5. The largest absolute Gasteiger partial charge is 0.417 e. The van der Waals surface area contributed by atoms with Gasteiger partial charge in [0.1, 0.15) is 0 Å². The summed E-state index contributed by atoms with van der Waals surface area (Å²) in [7, 11) is -4.24. The van der Waals surface area contributed by atoms with Gasteiger partial charge in [0.25, 0.3) is 0 Å². The van der Waals surface area contributed by atoms with Crippen molar-refractivity contribution in [3.8, 4) is 0 Å². The van der Waals surface area contributed by atoms with Gasteiger partial charge in [-0.2, -0.15) is 13.2 Å². The van der Waals surface area contributed by atoms with E-state index in [4.69, 9.17) is 28.3 Å². The molecule has 0 heterocycles. The maximum absolute atomic E-state index is 13.1. The molecule has 1 unspecified atom stereocenters. The van der Waals surface area contributed by atoms with Crippen LogP contribution in [-0.4, -0.2) is 37.9 Å². The summed E-state index contributed by atoms with van der Waals surface area (Å²) in [5, 5.41) is 20.2. The van der Waals surface area contributed by atoms with E-state index in [0.717, 1.165) is 0 Å². The highest BCUT2D eigenvalue weighted by molar-refractivity contribution is 7.91. The van der Waals surface area contributed by atoms with E-state index in [2.05, 4.69) is 5.32 Å². The maximum Gasteiger partial charge on any atom is 0.417 e. The van der Waals surface area contributed by atoms with Crippen LogP contribution in [0.3, 0.4) is 0 Å². The van der Waals surface area contributed by atoms with Gasteiger partial charge in [0, 0.05) is 11.6 Å². The van der Waals surface area contributed by atoms with Gasteiger partial charge in [-0.25, -0.2) is 8.42 Å². The standard InChI is InChI=1S/C16H14Cl2F3NO4S/c17-9-1-3-11(4-2-9)27(25,26)15-6-13(18)12(16(19,20)21)5-14(15)22-7-10(24)8-23/h1-6,10,22-24H,7-8H2. The predicted molar refractivity (Wildman–Crippen MR) is 94.9 cm³/mol. The summed E-state index contributed by atoms with van der Waals surface area (Å²) in [6, 6.07) is 6.30. The minimum Gasteiger partial charge on any atom is -0.394 e. The number of benzene rings is 2. The molecule has 0 amide bonds. The second-order valence-electron chi connectivity index (χ2n) is 5.50. The Morgan fingerprint density at radius 2 is 1.70 bits per heavy atom. The second-order valence-corrected chi connectivity index (χ2v) is 8.26. The molecule has 27 heavy (non-hydrogen) atoms. The topological polar surface area (TPSA) is 86.6 Å². The van der Waals surface area contributed by atoms with E-state index >= 15 is 0 Å². The Morgan fingerprint density at radius 1 is 1.11 bits per heavy atom. The lowest BCUT2D eigenvalue weighted by molar-refractivity contribution is -0.137. The van der Waals surface area contributed by atoms with Gasteiger partial charge in [0.2, 0.25) is 9.84 Å². The molecule has 11 heteroatoms. The second kappa shape index (κ2) is 8.24. The molecule has 0 aliphatic carbocycles. The Kier molecular flexibility index (Phi) is 6.64. The van der Waals surface area contributed by atoms with E-state index in [-0.39, 0.29) is 16.5 Å². The lowest BCUT2D eigenvalue weighted by Gasteiger charge is -2.18. The van der Waals surface area contributed by atoms with Crippen molar-refractivity contribution in [1.29, 1.82) is 0 Å². The molecule has 2 aromatic carbocycles. The SMILES string of the molecule is O=S(=O)(c1ccc(Cl)cc1)c1cc(Cl)c(C(F)(F)F)cc1NCC(O)CO. The molecular weight excluding hydrogens is 430 g/mol. The van der Waals surface area contributed by atoms with Gasteiger partial charge in [-0.05, 0) is 36.4 Å². The van der Waals surface area contributed by atoms with Crippen molar-refractivity contribution in [3.63, 3.8) is 0 Å². The fourth-order valence-corrected chi connectivity index (χ4v) is 4.07. The molecule has 0 fully saturated rings. The Morgan fingerprint density at radius 3 is 2.22 bits per heavy atom. The molecule has 5 nitrogen and oxygen atoms in total. The Bertz CT molecular complexity index is 918. The van der Waals surface area contributed by atoms with Crippen LogP contribution in [0.5, 0.6) is 0 Å². The van der Waals surface area contributed by atoms with E-state index in [1.165, 1.54) is 24.3 Å². The highest BCUT2D eigenvalue weighted by Crippen LogP contribution is 2.40. The van der Waals surface area contributed by atoms with Gasteiger partial charge in [-0.1, -0.05) is 23.2 Å². The Labute approximate surface area is 163 Å². The fraction of sp³-hybridized carbons (Fsp3) is 0.250. The van der Waals surface area contributed by atoms with Gasteiger partial charge >= 0.3 is 6.18 Å². The molecule has 0 saturated carbocycles. The first-order valence-corrected chi connectivity index (χ1v) is 9.65. The normalized spacial score (nSPS) is 13.4. The third-order valence-electron chi connectivity index (χ3n) is 3.53. The molecule has 0 aliphatic heterocycles. The molecule has 1 atom stereocenters. The van der Waals surface area contributed by atoms with Gasteiger partial charge in [0.05, 0.1) is 38.8 Å². The zero-order chi connectivity index (χ0) is 20.4. The number of nitrogens with one attached hydrogen (secondary N) is 1. The van der Waals surface area contributed by atoms with Crippen LogP contribution in [0.2, 0.25) is 10.0 Å². The summed E-state index contributed by atoms with van der Waals surface area (Å²) < 4.78 is 65.1.